The van der Waals surface area contributed by atoms with Crippen molar-refractivity contribution in [2.75, 3.05) is 72.1 Å². The van der Waals surface area contributed by atoms with Gasteiger partial charge in [-0.3, -0.25) is 24.1 Å². The van der Waals surface area contributed by atoms with Gasteiger partial charge in [0.05, 0.1) is 24.3 Å². The number of aliphatic carboxylic acids is 3. The fraction of sp³-hybridized carbons (Fsp3) is 0.511. The Hall–Kier alpha value is -4.82. The van der Waals surface area contributed by atoms with Crippen molar-refractivity contribution in [3.63, 3.8) is 0 Å². The predicted octanol–water partition coefficient (Wildman–Crippen LogP) is 3.89. The summed E-state index contributed by atoms with van der Waals surface area (Å²) in [5.41, 5.74) is 3.10. The molecule has 6 rings (SSSR count). The van der Waals surface area contributed by atoms with Crippen LogP contribution in [0, 0.1) is 35.5 Å². The number of carboxylic acids is 3. The molecular weight excluding hydrogens is 741 g/mol. The molecule has 0 amide bonds. The first-order chi connectivity index (χ1) is 28.1. The van der Waals surface area contributed by atoms with E-state index >= 15 is 0 Å². The molecule has 3 saturated heterocycles. The van der Waals surface area contributed by atoms with Gasteiger partial charge in [0.2, 0.25) is 0 Å². The van der Waals surface area contributed by atoms with E-state index in [1.807, 2.05) is 59.5 Å². The highest BCUT2D eigenvalue weighted by atomic mass is 16.5. The van der Waals surface area contributed by atoms with Gasteiger partial charge in [-0.25, -0.2) is 0 Å². The van der Waals surface area contributed by atoms with Crippen LogP contribution in [0.15, 0.2) is 72.8 Å². The molecule has 312 valence electrons. The third-order valence-electron chi connectivity index (χ3n) is 12.1. The molecule has 0 saturated carbocycles. The number of Topliss-reactive ketones (excluding diaryl/α,β-unsaturated/α-hetero) is 1. The number of ketones is 1. The molecule has 6 N–H and O–H groups in total. The molecule has 0 radical (unpaired) electrons. The number of nitrogens with zero attached hydrogens (tertiary/aromatic N) is 1. The molecule has 3 heterocycles. The third kappa shape index (κ3) is 12.3. The number of hydrogen-bond donors (Lipinski definition) is 6. The molecule has 13 nitrogen and oxygen atoms in total. The lowest BCUT2D eigenvalue weighted by molar-refractivity contribution is -0.144. The maximum Gasteiger partial charge on any atom is 0.307 e. The summed E-state index contributed by atoms with van der Waals surface area (Å²) < 4.78 is 12.4. The third-order valence-corrected chi connectivity index (χ3v) is 12.1. The number of carboxylic acid groups (broad SMARTS) is 3. The van der Waals surface area contributed by atoms with E-state index in [2.05, 4.69) is 16.0 Å². The summed E-state index contributed by atoms with van der Waals surface area (Å²) in [4.78, 5) is 52.2. The molecule has 3 aliphatic heterocycles. The Morgan fingerprint density at radius 2 is 0.983 bits per heavy atom. The van der Waals surface area contributed by atoms with Crippen LogP contribution in [0.4, 0.5) is 0 Å². The molecule has 6 atom stereocenters. The Morgan fingerprint density at radius 1 is 0.586 bits per heavy atom. The Bertz CT molecular complexity index is 1750. The zero-order valence-electron chi connectivity index (χ0n) is 33.2. The average Bonchev–Trinajstić information content (AvgIpc) is 4.04. The molecule has 3 aromatic rings. The van der Waals surface area contributed by atoms with Crippen molar-refractivity contribution in [3.8, 4) is 11.5 Å². The van der Waals surface area contributed by atoms with Crippen LogP contribution < -0.4 is 25.4 Å². The zero-order chi connectivity index (χ0) is 40.9. The minimum Gasteiger partial charge on any atom is -0.492 e. The molecule has 3 aromatic carbocycles. The molecule has 13 heteroatoms. The maximum absolute atomic E-state index is 13.8. The number of carbonyl (C=O) groups excluding carboxylic acids is 1. The molecular formula is C45H58N4O9. The largest absolute Gasteiger partial charge is 0.492 e. The van der Waals surface area contributed by atoms with E-state index < -0.39 is 35.7 Å². The number of hydrogen-bond acceptors (Lipinski definition) is 10. The van der Waals surface area contributed by atoms with Gasteiger partial charge < -0.3 is 40.7 Å². The quantitative estimate of drug-likeness (QED) is 0.0760. The Kier molecular flexibility index (Phi) is 15.7. The van der Waals surface area contributed by atoms with E-state index in [4.69, 9.17) is 9.47 Å². The second kappa shape index (κ2) is 21.3. The summed E-state index contributed by atoms with van der Waals surface area (Å²) in [5.74, 6) is -2.57. The fourth-order valence-corrected chi connectivity index (χ4v) is 8.74. The van der Waals surface area contributed by atoms with E-state index in [0.29, 0.717) is 69.0 Å². The van der Waals surface area contributed by atoms with Crippen molar-refractivity contribution in [2.45, 2.75) is 38.5 Å². The Balaban J connectivity index is 1.10. The van der Waals surface area contributed by atoms with Crippen molar-refractivity contribution in [2.24, 2.45) is 35.5 Å². The van der Waals surface area contributed by atoms with Crippen molar-refractivity contribution in [1.82, 2.24) is 20.9 Å². The topological polar surface area (TPSA) is 187 Å². The van der Waals surface area contributed by atoms with E-state index in [1.54, 1.807) is 18.2 Å². The standard InChI is InChI=1S/C45H58N4O9/c50-42(33-7-1-4-30(20-33)23-39(43(51)52)34-10-13-46-26-34)29-49(16-18-57-37-8-2-5-31(21-37)24-40(44(53)54)35-11-14-47-27-35)17-19-58-38-9-3-6-32(22-38)25-41(45(55)56)36-12-15-48-28-36/h1-9,20-22,34-36,39-41,46-48H,10-19,23-29H2,(H,51,52)(H,53,54)(H,55,56)/t34-,35-,36-,39-,40-,41-/m0/s1. The van der Waals surface area contributed by atoms with Crippen molar-refractivity contribution in [3.05, 3.63) is 95.1 Å². The van der Waals surface area contributed by atoms with E-state index in [-0.39, 0.29) is 43.3 Å². The van der Waals surface area contributed by atoms with Crippen LogP contribution in [0.25, 0.3) is 0 Å². The molecule has 3 fully saturated rings. The fourth-order valence-electron chi connectivity index (χ4n) is 8.74. The summed E-state index contributed by atoms with van der Waals surface area (Å²) >= 11 is 0. The highest BCUT2D eigenvalue weighted by Crippen LogP contribution is 2.28. The van der Waals surface area contributed by atoms with Gasteiger partial charge >= 0.3 is 17.9 Å². The number of benzene rings is 3. The monoisotopic (exact) mass is 798 g/mol. The predicted molar refractivity (Wildman–Crippen MR) is 219 cm³/mol. The minimum absolute atomic E-state index is 0.0418. The van der Waals surface area contributed by atoms with Gasteiger partial charge in [0.15, 0.2) is 5.78 Å². The van der Waals surface area contributed by atoms with E-state index in [9.17, 15) is 34.5 Å². The second-order valence-electron chi connectivity index (χ2n) is 16.1. The van der Waals surface area contributed by atoms with Crippen molar-refractivity contribution in [1.29, 1.82) is 0 Å². The zero-order valence-corrected chi connectivity index (χ0v) is 33.2. The minimum atomic E-state index is -0.826. The van der Waals surface area contributed by atoms with Crippen LogP contribution in [-0.4, -0.2) is 116 Å². The van der Waals surface area contributed by atoms with E-state index in [0.717, 1.165) is 55.6 Å². The highest BCUT2D eigenvalue weighted by Gasteiger charge is 2.33. The first-order valence-electron chi connectivity index (χ1n) is 20.7. The molecule has 58 heavy (non-hydrogen) atoms. The lowest BCUT2D eigenvalue weighted by Gasteiger charge is -2.23. The number of carbonyl (C=O) groups is 4. The van der Waals surface area contributed by atoms with Crippen LogP contribution in [0.5, 0.6) is 11.5 Å². The maximum atomic E-state index is 13.8. The lowest BCUT2D eigenvalue weighted by atomic mass is 9.86. The molecule has 0 bridgehead atoms. The Labute approximate surface area is 340 Å². The molecule has 3 aliphatic rings. The van der Waals surface area contributed by atoms with Gasteiger partial charge in [-0.2, -0.15) is 0 Å². The molecule has 0 spiro atoms. The van der Waals surface area contributed by atoms with Crippen LogP contribution in [0.1, 0.15) is 46.3 Å². The van der Waals surface area contributed by atoms with Crippen LogP contribution in [0.2, 0.25) is 0 Å². The van der Waals surface area contributed by atoms with Gasteiger partial charge in [0, 0.05) is 18.7 Å². The van der Waals surface area contributed by atoms with Crippen molar-refractivity contribution >= 4 is 23.7 Å². The smallest absolute Gasteiger partial charge is 0.307 e. The summed E-state index contributed by atoms with van der Waals surface area (Å²) in [7, 11) is 0. The Morgan fingerprint density at radius 3 is 1.36 bits per heavy atom. The molecule has 0 aromatic heterocycles. The molecule has 0 aliphatic carbocycles. The second-order valence-corrected chi connectivity index (χ2v) is 16.1. The number of rotatable bonds is 23. The SMILES string of the molecule is O=C(CN(CCOc1cccc(C[C@H](C(=O)O)[C@H]2CCNC2)c1)CCOc1cccc(C[C@H](C(=O)O)[C@H]2CCNC2)c1)c1cccc(C[C@H](C(=O)O)[C@H]2CCNC2)c1. The van der Waals surface area contributed by atoms with Crippen LogP contribution >= 0.6 is 0 Å². The lowest BCUT2D eigenvalue weighted by Crippen LogP contribution is -2.36. The average molecular weight is 799 g/mol. The van der Waals surface area contributed by atoms with Gasteiger partial charge in [0.1, 0.15) is 24.7 Å². The normalized spacial score (nSPS) is 20.7. The first-order valence-corrected chi connectivity index (χ1v) is 20.7. The molecule has 0 unspecified atom stereocenters. The van der Waals surface area contributed by atoms with Gasteiger partial charge in [-0.05, 0) is 143 Å². The van der Waals surface area contributed by atoms with Crippen molar-refractivity contribution < 1.29 is 44.0 Å². The van der Waals surface area contributed by atoms with Crippen LogP contribution in [0.3, 0.4) is 0 Å². The van der Waals surface area contributed by atoms with Gasteiger partial charge in [0.25, 0.3) is 0 Å². The summed E-state index contributed by atoms with van der Waals surface area (Å²) in [5, 5.41) is 39.7. The van der Waals surface area contributed by atoms with Crippen LogP contribution in [-0.2, 0) is 33.6 Å². The number of ether oxygens (including phenoxy) is 2. The summed E-state index contributed by atoms with van der Waals surface area (Å²) in [6.45, 7) is 5.95. The van der Waals surface area contributed by atoms with Gasteiger partial charge in [-0.1, -0.05) is 42.5 Å². The number of nitrogens with one attached hydrogen (secondary N) is 3. The summed E-state index contributed by atoms with van der Waals surface area (Å²) in [6.07, 6.45) is 3.66. The van der Waals surface area contributed by atoms with E-state index in [1.165, 1.54) is 0 Å². The van der Waals surface area contributed by atoms with Gasteiger partial charge in [-0.15, -0.1) is 0 Å². The summed E-state index contributed by atoms with van der Waals surface area (Å²) in [6, 6.07) is 22.3. The first kappa shape index (κ1) is 42.8. The highest BCUT2D eigenvalue weighted by molar-refractivity contribution is 5.97.